The molecule has 17 heavy (non-hydrogen) atoms. The quantitative estimate of drug-likeness (QED) is 0.865. The first-order valence-electron chi connectivity index (χ1n) is 4.98. The van der Waals surface area contributed by atoms with Crippen LogP contribution in [-0.2, 0) is 10.0 Å². The Labute approximate surface area is 115 Å². The Kier molecular flexibility index (Phi) is 5.24. The van der Waals surface area contributed by atoms with Crippen LogP contribution in [0.5, 0.6) is 0 Å². The molecule has 0 heterocycles. The third kappa shape index (κ3) is 4.13. The summed E-state index contributed by atoms with van der Waals surface area (Å²) in [7, 11) is -1.72. The van der Waals surface area contributed by atoms with Gasteiger partial charge in [-0.3, -0.25) is 4.72 Å². The van der Waals surface area contributed by atoms with Gasteiger partial charge in [0.05, 0.1) is 16.0 Å². The molecule has 1 unspecified atom stereocenters. The Balaban J connectivity index is 2.90. The zero-order valence-corrected chi connectivity index (χ0v) is 12.7. The van der Waals surface area contributed by atoms with E-state index in [2.05, 4.69) is 26.0 Å². The highest BCUT2D eigenvalue weighted by Gasteiger charge is 2.20. The van der Waals surface area contributed by atoms with Crippen LogP contribution in [0.25, 0.3) is 0 Å². The lowest BCUT2D eigenvalue weighted by molar-refractivity contribution is 0.584. The normalized spacial score (nSPS) is 13.4. The highest BCUT2D eigenvalue weighted by atomic mass is 79.9. The van der Waals surface area contributed by atoms with Crippen LogP contribution < -0.4 is 10.0 Å². The Morgan fingerprint density at radius 3 is 2.65 bits per heavy atom. The second-order valence-electron chi connectivity index (χ2n) is 3.64. The lowest BCUT2D eigenvalue weighted by Crippen LogP contribution is -2.33. The number of hydrogen-bond donors (Lipinski definition) is 2. The number of nitrogens with one attached hydrogen (secondary N) is 2. The van der Waals surface area contributed by atoms with Crippen molar-refractivity contribution >= 4 is 43.2 Å². The molecule has 1 atom stereocenters. The zero-order valence-electron chi connectivity index (χ0n) is 9.50. The van der Waals surface area contributed by atoms with E-state index < -0.39 is 15.3 Å². The topological polar surface area (TPSA) is 58.2 Å². The molecule has 0 amide bonds. The monoisotopic (exact) mass is 340 g/mol. The zero-order chi connectivity index (χ0) is 13.1. The van der Waals surface area contributed by atoms with Crippen LogP contribution >= 0.6 is 27.5 Å². The highest BCUT2D eigenvalue weighted by Crippen LogP contribution is 2.26. The van der Waals surface area contributed by atoms with Gasteiger partial charge in [-0.05, 0) is 32.2 Å². The number of sulfonamides is 1. The lowest BCUT2D eigenvalue weighted by atomic mass is 10.3. The number of anilines is 1. The van der Waals surface area contributed by atoms with Crippen LogP contribution in [0.4, 0.5) is 5.69 Å². The fraction of sp³-hybridized carbons (Fsp3) is 0.400. The van der Waals surface area contributed by atoms with E-state index in [4.69, 9.17) is 11.6 Å². The van der Waals surface area contributed by atoms with E-state index >= 15 is 0 Å². The van der Waals surface area contributed by atoms with Gasteiger partial charge in [0.1, 0.15) is 0 Å². The predicted molar refractivity (Wildman–Crippen MR) is 75.1 cm³/mol. The Bertz CT molecular complexity index is 493. The minimum absolute atomic E-state index is 0.361. The van der Waals surface area contributed by atoms with Crippen molar-refractivity contribution in [1.29, 1.82) is 0 Å². The maximum atomic E-state index is 11.9. The molecule has 0 radical (unpaired) electrons. The predicted octanol–water partition coefficient (Wildman–Crippen LogP) is 2.45. The minimum atomic E-state index is -3.42. The molecule has 96 valence electrons. The molecule has 7 heteroatoms. The van der Waals surface area contributed by atoms with E-state index in [0.29, 0.717) is 17.3 Å². The first kappa shape index (κ1) is 14.8. The van der Waals surface area contributed by atoms with Crippen molar-refractivity contribution in [1.82, 2.24) is 5.32 Å². The molecular weight excluding hydrogens is 328 g/mol. The van der Waals surface area contributed by atoms with Gasteiger partial charge in [-0.15, -0.1) is 0 Å². The molecule has 0 bridgehead atoms. The Morgan fingerprint density at radius 2 is 2.12 bits per heavy atom. The Morgan fingerprint density at radius 1 is 1.47 bits per heavy atom. The summed E-state index contributed by atoms with van der Waals surface area (Å²) in [6, 6.07) is 4.99. The fourth-order valence-electron chi connectivity index (χ4n) is 1.22. The summed E-state index contributed by atoms with van der Waals surface area (Å²) in [6.07, 6.45) is 0. The summed E-state index contributed by atoms with van der Waals surface area (Å²) in [5.74, 6) is 0. The van der Waals surface area contributed by atoms with Crippen molar-refractivity contribution in [2.75, 3.05) is 18.3 Å². The molecule has 0 spiro atoms. The van der Waals surface area contributed by atoms with Crippen molar-refractivity contribution < 1.29 is 8.42 Å². The van der Waals surface area contributed by atoms with Crippen LogP contribution in [-0.4, -0.2) is 27.3 Å². The third-order valence-corrected chi connectivity index (χ3v) is 4.74. The number of hydrogen-bond acceptors (Lipinski definition) is 3. The minimum Gasteiger partial charge on any atom is -0.318 e. The average molecular weight is 342 g/mol. The molecule has 1 aromatic rings. The van der Waals surface area contributed by atoms with Gasteiger partial charge < -0.3 is 5.32 Å². The molecule has 4 nitrogen and oxygen atoms in total. The maximum Gasteiger partial charge on any atom is 0.236 e. The maximum absolute atomic E-state index is 11.9. The summed E-state index contributed by atoms with van der Waals surface area (Å²) in [5, 5.41) is 2.65. The fourth-order valence-corrected chi connectivity index (χ4v) is 3.07. The van der Waals surface area contributed by atoms with E-state index in [1.807, 2.05) is 0 Å². The van der Waals surface area contributed by atoms with E-state index in [1.165, 1.54) is 0 Å². The lowest BCUT2D eigenvalue weighted by Gasteiger charge is -2.15. The van der Waals surface area contributed by atoms with Gasteiger partial charge in [0.25, 0.3) is 0 Å². The first-order chi connectivity index (χ1) is 7.86. The van der Waals surface area contributed by atoms with Gasteiger partial charge in [0, 0.05) is 11.0 Å². The molecule has 2 N–H and O–H groups in total. The number of rotatable bonds is 5. The van der Waals surface area contributed by atoms with E-state index in [-0.39, 0.29) is 0 Å². The second kappa shape index (κ2) is 6.04. The molecule has 0 saturated heterocycles. The smallest absolute Gasteiger partial charge is 0.236 e. The summed E-state index contributed by atoms with van der Waals surface area (Å²) in [5.41, 5.74) is 0.387. The average Bonchev–Trinajstić information content (AvgIpc) is 2.22. The van der Waals surface area contributed by atoms with Crippen molar-refractivity contribution in [3.8, 4) is 0 Å². The number of benzene rings is 1. The number of halogens is 2. The van der Waals surface area contributed by atoms with E-state index in [9.17, 15) is 8.42 Å². The molecule has 0 aromatic heterocycles. The second-order valence-corrected chi connectivity index (χ2v) is 7.06. The standard InChI is InChI=1S/C10H14BrClN2O2S/c1-7(6-13-2)17(15,16)14-10-4-3-8(11)5-9(10)12/h3-5,7,13-14H,6H2,1-2H3. The van der Waals surface area contributed by atoms with E-state index in [1.54, 1.807) is 32.2 Å². The SMILES string of the molecule is CNCC(C)S(=O)(=O)Nc1ccc(Br)cc1Cl. The van der Waals surface area contributed by atoms with Gasteiger partial charge in [0.15, 0.2) is 0 Å². The van der Waals surface area contributed by atoms with Crippen LogP contribution in [0.15, 0.2) is 22.7 Å². The summed E-state index contributed by atoms with van der Waals surface area (Å²) < 4.78 is 27.1. The molecule has 1 aromatic carbocycles. The first-order valence-corrected chi connectivity index (χ1v) is 7.70. The summed E-state index contributed by atoms with van der Waals surface area (Å²) >= 11 is 9.20. The van der Waals surface area contributed by atoms with Gasteiger partial charge in [0.2, 0.25) is 10.0 Å². The molecule has 0 aliphatic carbocycles. The molecule has 0 aliphatic rings. The van der Waals surface area contributed by atoms with E-state index in [0.717, 1.165) is 4.47 Å². The van der Waals surface area contributed by atoms with Gasteiger partial charge in [-0.2, -0.15) is 0 Å². The van der Waals surface area contributed by atoms with Crippen molar-refractivity contribution in [2.45, 2.75) is 12.2 Å². The van der Waals surface area contributed by atoms with Crippen LogP contribution in [0.3, 0.4) is 0 Å². The van der Waals surface area contributed by atoms with Crippen LogP contribution in [0, 0.1) is 0 Å². The van der Waals surface area contributed by atoms with Gasteiger partial charge in [-0.25, -0.2) is 8.42 Å². The molecule has 1 rings (SSSR count). The van der Waals surface area contributed by atoms with Crippen molar-refractivity contribution in [3.05, 3.63) is 27.7 Å². The van der Waals surface area contributed by atoms with Crippen molar-refractivity contribution in [3.63, 3.8) is 0 Å². The Hall–Kier alpha value is -0.300. The summed E-state index contributed by atoms with van der Waals surface area (Å²) in [6.45, 7) is 2.01. The van der Waals surface area contributed by atoms with Gasteiger partial charge >= 0.3 is 0 Å². The highest BCUT2D eigenvalue weighted by molar-refractivity contribution is 9.10. The molecule has 0 saturated carbocycles. The summed E-state index contributed by atoms with van der Waals surface area (Å²) in [4.78, 5) is 0. The van der Waals surface area contributed by atoms with Crippen LogP contribution in [0.1, 0.15) is 6.92 Å². The van der Waals surface area contributed by atoms with Gasteiger partial charge in [-0.1, -0.05) is 27.5 Å². The third-order valence-electron chi connectivity index (χ3n) is 2.20. The molecular formula is C10H14BrClN2O2S. The molecule has 0 aliphatic heterocycles. The largest absolute Gasteiger partial charge is 0.318 e. The van der Waals surface area contributed by atoms with Crippen LogP contribution in [0.2, 0.25) is 5.02 Å². The van der Waals surface area contributed by atoms with Crippen molar-refractivity contribution in [2.24, 2.45) is 0 Å². The molecule has 0 fully saturated rings.